The summed E-state index contributed by atoms with van der Waals surface area (Å²) in [4.78, 5) is 33.7. The highest BCUT2D eigenvalue weighted by Gasteiger charge is 2.29. The lowest BCUT2D eigenvalue weighted by Gasteiger charge is -2.36. The van der Waals surface area contributed by atoms with E-state index in [4.69, 9.17) is 19.3 Å². The van der Waals surface area contributed by atoms with Crippen molar-refractivity contribution in [1.29, 1.82) is 0 Å². The van der Waals surface area contributed by atoms with Crippen molar-refractivity contribution in [1.82, 2.24) is 25.0 Å². The van der Waals surface area contributed by atoms with Crippen LogP contribution in [0.15, 0.2) is 48.8 Å². The molecule has 14 heteroatoms. The van der Waals surface area contributed by atoms with Gasteiger partial charge in [0.2, 0.25) is 5.82 Å². The number of fused-ring (bicyclic) bond motifs is 1. The van der Waals surface area contributed by atoms with E-state index in [9.17, 15) is 22.8 Å². The molecule has 1 aliphatic carbocycles. The summed E-state index contributed by atoms with van der Waals surface area (Å²) >= 11 is 0. The molecule has 0 spiro atoms. The average Bonchev–Trinajstić information content (AvgIpc) is 3.55. The van der Waals surface area contributed by atoms with Crippen LogP contribution in [0.5, 0.6) is 11.5 Å². The molecule has 0 unspecified atom stereocenters. The predicted octanol–water partition coefficient (Wildman–Crippen LogP) is 6.65. The molecule has 1 saturated heterocycles. The highest BCUT2D eigenvalue weighted by molar-refractivity contribution is 5.94. The van der Waals surface area contributed by atoms with E-state index in [0.717, 1.165) is 42.4 Å². The number of amides is 2. The number of methoxy groups -OCH3 is 1. The maximum Gasteiger partial charge on any atom is 0.410 e. The molecule has 2 aromatic carbocycles. The minimum Gasteiger partial charge on any atom is -0.497 e. The van der Waals surface area contributed by atoms with Crippen LogP contribution in [-0.4, -0.2) is 77.1 Å². The van der Waals surface area contributed by atoms with Gasteiger partial charge in [-0.05, 0) is 82.2 Å². The minimum atomic E-state index is -1.55. The summed E-state index contributed by atoms with van der Waals surface area (Å²) in [6, 6.07) is 9.50. The zero-order valence-corrected chi connectivity index (χ0v) is 29.3. The minimum absolute atomic E-state index is 0.118. The first-order valence-electron chi connectivity index (χ1n) is 17.2. The predicted molar refractivity (Wildman–Crippen MR) is 185 cm³/mol. The molecule has 2 amide bonds. The van der Waals surface area contributed by atoms with E-state index >= 15 is 0 Å². The van der Waals surface area contributed by atoms with Crippen LogP contribution in [0.1, 0.15) is 68.4 Å². The number of anilines is 1. The van der Waals surface area contributed by atoms with Gasteiger partial charge in [0.05, 0.1) is 24.9 Å². The number of carbonyl (C=O) groups is 2. The van der Waals surface area contributed by atoms with Crippen LogP contribution in [-0.2, 0) is 11.3 Å². The zero-order chi connectivity index (χ0) is 36.3. The Balaban J connectivity index is 0.986. The smallest absolute Gasteiger partial charge is 0.410 e. The molecule has 2 aliphatic rings. The molecule has 0 radical (unpaired) electrons. The van der Waals surface area contributed by atoms with Gasteiger partial charge in [0.25, 0.3) is 5.91 Å². The lowest BCUT2D eigenvalue weighted by Crippen LogP contribution is -2.50. The second-order valence-electron chi connectivity index (χ2n) is 14.0. The Hall–Kier alpha value is -5.01. The fraction of sp³-hybridized carbons (Fsp3) is 0.459. The first-order valence-corrected chi connectivity index (χ1v) is 17.2. The molecular formula is C37H43F3N6O5. The number of piperazine rings is 1. The fourth-order valence-electron chi connectivity index (χ4n) is 6.44. The maximum atomic E-state index is 14.9. The van der Waals surface area contributed by atoms with Crippen molar-refractivity contribution in [2.24, 2.45) is 5.92 Å². The molecule has 11 nitrogen and oxygen atoms in total. The summed E-state index contributed by atoms with van der Waals surface area (Å²) in [7, 11) is 1.51. The normalized spacial score (nSPS) is 18.1. The number of nitrogens with zero attached hydrogens (tertiary/aromatic N) is 5. The van der Waals surface area contributed by atoms with Crippen molar-refractivity contribution in [2.45, 2.75) is 64.7 Å². The quantitative estimate of drug-likeness (QED) is 0.193. The Morgan fingerprint density at radius 2 is 1.67 bits per heavy atom. The van der Waals surface area contributed by atoms with Crippen LogP contribution >= 0.6 is 0 Å². The highest BCUT2D eigenvalue weighted by atomic mass is 19.2. The summed E-state index contributed by atoms with van der Waals surface area (Å²) in [5.41, 5.74) is 0.142. The molecule has 3 heterocycles. The van der Waals surface area contributed by atoms with E-state index in [0.29, 0.717) is 43.6 Å². The summed E-state index contributed by atoms with van der Waals surface area (Å²) in [6.07, 6.45) is 6.71. The van der Waals surface area contributed by atoms with Crippen molar-refractivity contribution >= 4 is 28.7 Å². The topological polar surface area (TPSA) is 111 Å². The standard InChI is InChI=1S/C37H43F3N6O5/c1-37(2,3)51-36(48)45-15-13-44(14-16-45)31-17-25-21-46(43-30(25)20-41-31)26-9-5-23(6-10-26)19-42-35(47)28-18-29(38)34(33(40)32(28)39)50-22-24-7-11-27(49-4)12-8-24/h7-8,11-12,17-18,20-21,23,26H,5-6,9-10,13-16,19,22H2,1-4H3,(H,42,47). The van der Waals surface area contributed by atoms with Gasteiger partial charge in [0, 0.05) is 44.3 Å². The van der Waals surface area contributed by atoms with Gasteiger partial charge < -0.3 is 29.3 Å². The van der Waals surface area contributed by atoms with Gasteiger partial charge in [-0.1, -0.05) is 12.1 Å². The molecule has 0 bridgehead atoms. The van der Waals surface area contributed by atoms with Crippen LogP contribution < -0.4 is 19.7 Å². The van der Waals surface area contributed by atoms with Crippen LogP contribution in [0.2, 0.25) is 0 Å². The summed E-state index contributed by atoms with van der Waals surface area (Å²) in [5, 5.41) is 8.40. The molecule has 1 N–H and O–H groups in total. The maximum absolute atomic E-state index is 14.9. The fourth-order valence-corrected chi connectivity index (χ4v) is 6.44. The average molecular weight is 709 g/mol. The zero-order valence-electron chi connectivity index (χ0n) is 29.3. The molecular weight excluding hydrogens is 665 g/mol. The molecule has 0 atom stereocenters. The van der Waals surface area contributed by atoms with Crippen LogP contribution in [0, 0.1) is 23.4 Å². The van der Waals surface area contributed by atoms with E-state index in [1.807, 2.05) is 37.7 Å². The lowest BCUT2D eigenvalue weighted by molar-refractivity contribution is 0.0240. The first kappa shape index (κ1) is 35.8. The number of rotatable bonds is 9. The molecule has 272 valence electrons. The number of carbonyl (C=O) groups excluding carboxylic acids is 2. The monoisotopic (exact) mass is 708 g/mol. The Morgan fingerprint density at radius 3 is 2.33 bits per heavy atom. The van der Waals surface area contributed by atoms with E-state index in [1.54, 1.807) is 35.4 Å². The van der Waals surface area contributed by atoms with Crippen molar-refractivity contribution < 1.29 is 37.0 Å². The van der Waals surface area contributed by atoms with Crippen molar-refractivity contribution in [3.05, 3.63) is 77.4 Å². The number of hydrogen-bond donors (Lipinski definition) is 1. The molecule has 2 aromatic heterocycles. The number of pyridine rings is 1. The van der Waals surface area contributed by atoms with Gasteiger partial charge in [-0.25, -0.2) is 18.6 Å². The third kappa shape index (κ3) is 8.49. The molecule has 51 heavy (non-hydrogen) atoms. The Kier molecular flexibility index (Phi) is 10.6. The second kappa shape index (κ2) is 15.1. The van der Waals surface area contributed by atoms with Crippen molar-refractivity contribution in [3.63, 3.8) is 0 Å². The van der Waals surface area contributed by atoms with Gasteiger partial charge in [-0.2, -0.15) is 9.49 Å². The number of aromatic nitrogens is 3. The number of hydrogen-bond acceptors (Lipinski definition) is 8. The van der Waals surface area contributed by atoms with E-state index in [-0.39, 0.29) is 31.2 Å². The summed E-state index contributed by atoms with van der Waals surface area (Å²) in [6.45, 7) is 8.01. The molecule has 2 fully saturated rings. The Bertz CT molecular complexity index is 1860. The second-order valence-corrected chi connectivity index (χ2v) is 14.0. The SMILES string of the molecule is COc1ccc(COc2c(F)cc(C(=O)NCC3CCC(n4cc5cc(N6CCN(C(=O)OC(C)(C)C)CC6)ncc5n4)CC3)c(F)c2F)cc1. The van der Waals surface area contributed by atoms with Gasteiger partial charge in [-0.3, -0.25) is 9.48 Å². The van der Waals surface area contributed by atoms with E-state index in [1.165, 1.54) is 7.11 Å². The molecule has 1 saturated carbocycles. The molecule has 4 aromatic rings. The number of nitrogens with one attached hydrogen (secondary N) is 1. The Morgan fingerprint density at radius 1 is 0.961 bits per heavy atom. The number of halogens is 3. The van der Waals surface area contributed by atoms with Crippen molar-refractivity contribution in [2.75, 3.05) is 44.7 Å². The van der Waals surface area contributed by atoms with Gasteiger partial charge in [-0.15, -0.1) is 0 Å². The summed E-state index contributed by atoms with van der Waals surface area (Å²) in [5.74, 6) is -4.39. The molecule has 1 aliphatic heterocycles. The first-order chi connectivity index (χ1) is 24.4. The number of benzene rings is 2. The van der Waals surface area contributed by atoms with E-state index in [2.05, 4.69) is 15.2 Å². The van der Waals surface area contributed by atoms with Gasteiger partial charge in [0.1, 0.15) is 29.3 Å². The highest BCUT2D eigenvalue weighted by Crippen LogP contribution is 2.33. The third-order valence-corrected chi connectivity index (χ3v) is 9.29. The number of ether oxygens (including phenoxy) is 3. The third-order valence-electron chi connectivity index (χ3n) is 9.29. The van der Waals surface area contributed by atoms with Gasteiger partial charge in [0.15, 0.2) is 17.4 Å². The van der Waals surface area contributed by atoms with Crippen LogP contribution in [0.25, 0.3) is 10.9 Å². The lowest BCUT2D eigenvalue weighted by atomic mass is 9.86. The molecule has 6 rings (SSSR count). The Labute approximate surface area is 294 Å². The van der Waals surface area contributed by atoms with Crippen LogP contribution in [0.4, 0.5) is 23.8 Å². The van der Waals surface area contributed by atoms with Crippen LogP contribution in [0.3, 0.4) is 0 Å². The van der Waals surface area contributed by atoms with Crippen molar-refractivity contribution in [3.8, 4) is 11.5 Å². The van der Waals surface area contributed by atoms with E-state index < -0.39 is 40.3 Å². The van der Waals surface area contributed by atoms with Gasteiger partial charge >= 0.3 is 6.09 Å². The summed E-state index contributed by atoms with van der Waals surface area (Å²) < 4.78 is 62.3. The largest absolute Gasteiger partial charge is 0.497 e.